The number of urea groups is 1. The Bertz CT molecular complexity index is 1230. The van der Waals surface area contributed by atoms with E-state index in [0.717, 1.165) is 44.8 Å². The van der Waals surface area contributed by atoms with Gasteiger partial charge in [-0.15, -0.1) is 0 Å². The molecule has 10 nitrogen and oxygen atoms in total. The van der Waals surface area contributed by atoms with E-state index in [1.807, 2.05) is 18.2 Å². The monoisotopic (exact) mass is 520 g/mol. The fourth-order valence-corrected chi connectivity index (χ4v) is 4.33. The minimum atomic E-state index is -0.533. The lowest BCUT2D eigenvalue weighted by molar-refractivity contribution is -0.0407. The Kier molecular flexibility index (Phi) is 9.24. The third-order valence-corrected chi connectivity index (χ3v) is 6.32. The van der Waals surface area contributed by atoms with Crippen LogP contribution >= 0.6 is 11.6 Å². The van der Waals surface area contributed by atoms with E-state index in [1.54, 1.807) is 13.2 Å². The van der Waals surface area contributed by atoms with Crippen molar-refractivity contribution in [2.45, 2.75) is 13.0 Å². The van der Waals surface area contributed by atoms with Crippen LogP contribution in [0, 0.1) is 11.3 Å². The zero-order valence-corrected chi connectivity index (χ0v) is 21.3. The first-order valence-electron chi connectivity index (χ1n) is 12.0. The number of rotatable bonds is 9. The van der Waals surface area contributed by atoms with Gasteiger partial charge in [0.1, 0.15) is 11.8 Å². The number of ether oxygens (including phenoxy) is 1. The average Bonchev–Trinajstić information content (AvgIpc) is 2.93. The number of hydrogen-bond donors (Lipinski definition) is 3. The van der Waals surface area contributed by atoms with Gasteiger partial charge in [0.25, 0.3) is 0 Å². The van der Waals surface area contributed by atoms with Crippen LogP contribution < -0.4 is 20.7 Å². The molecule has 2 heterocycles. The Balaban J connectivity index is 1.43. The summed E-state index contributed by atoms with van der Waals surface area (Å²) in [5, 5.41) is 22.8. The fourth-order valence-electron chi connectivity index (χ4n) is 4.07. The highest BCUT2D eigenvalue weighted by atomic mass is 35.5. The molecule has 1 fully saturated rings. The minimum Gasteiger partial charge on any atom is -0.495 e. The molecule has 37 heavy (non-hydrogen) atoms. The van der Waals surface area contributed by atoms with Crippen molar-refractivity contribution in [3.63, 3.8) is 0 Å². The van der Waals surface area contributed by atoms with Gasteiger partial charge in [-0.05, 0) is 29.7 Å². The Morgan fingerprint density at radius 2 is 1.97 bits per heavy atom. The Hall–Kier alpha value is -3.75. The standard InChI is InChI=1S/C26H29ClN8O2/c1-37-24-13-20(7-10-35(34-11-8-29-9-12-34)18-19-5-3-2-4-6-19)22(27)14-23(24)32-26(36)33-25-17-30-21(15-28)16-31-25/h2-6,13-14,16-17,29H,7-12,18H2,1H3,(H2,31,32,33,36). The number of amides is 2. The number of hydrazine groups is 1. The van der Waals surface area contributed by atoms with Crippen molar-refractivity contribution in [2.24, 2.45) is 0 Å². The van der Waals surface area contributed by atoms with Gasteiger partial charge in [0.2, 0.25) is 0 Å². The summed E-state index contributed by atoms with van der Waals surface area (Å²) in [6.45, 7) is 5.40. The van der Waals surface area contributed by atoms with Crippen molar-refractivity contribution >= 4 is 29.1 Å². The second kappa shape index (κ2) is 13.0. The summed E-state index contributed by atoms with van der Waals surface area (Å²) >= 11 is 6.64. The molecule has 2 aromatic carbocycles. The number of piperazine rings is 1. The lowest BCUT2D eigenvalue weighted by atomic mass is 10.1. The number of anilines is 2. The predicted octanol–water partition coefficient (Wildman–Crippen LogP) is 3.52. The molecule has 1 saturated heterocycles. The molecule has 3 aromatic rings. The molecule has 0 spiro atoms. The maximum Gasteiger partial charge on any atom is 0.325 e. The number of halogens is 1. The van der Waals surface area contributed by atoms with E-state index in [0.29, 0.717) is 22.9 Å². The van der Waals surface area contributed by atoms with Crippen LogP contribution in [0.4, 0.5) is 16.3 Å². The van der Waals surface area contributed by atoms with Crippen molar-refractivity contribution in [2.75, 3.05) is 50.5 Å². The average molecular weight is 521 g/mol. The largest absolute Gasteiger partial charge is 0.495 e. The van der Waals surface area contributed by atoms with Gasteiger partial charge in [-0.3, -0.25) is 5.32 Å². The van der Waals surface area contributed by atoms with Crippen LogP contribution in [0.1, 0.15) is 16.8 Å². The molecule has 192 valence electrons. The second-order valence-electron chi connectivity index (χ2n) is 8.45. The molecule has 1 aliphatic heterocycles. The van der Waals surface area contributed by atoms with Gasteiger partial charge < -0.3 is 15.4 Å². The van der Waals surface area contributed by atoms with Crippen LogP contribution in [0.25, 0.3) is 0 Å². The van der Waals surface area contributed by atoms with Gasteiger partial charge in [-0.1, -0.05) is 41.9 Å². The first-order valence-corrected chi connectivity index (χ1v) is 12.3. The second-order valence-corrected chi connectivity index (χ2v) is 8.86. The highest BCUT2D eigenvalue weighted by molar-refractivity contribution is 6.31. The highest BCUT2D eigenvalue weighted by Gasteiger charge is 2.20. The molecule has 4 rings (SSSR count). The van der Waals surface area contributed by atoms with E-state index in [-0.39, 0.29) is 11.5 Å². The van der Waals surface area contributed by atoms with Gasteiger partial charge in [0.15, 0.2) is 11.5 Å². The van der Waals surface area contributed by atoms with Gasteiger partial charge >= 0.3 is 6.03 Å². The molecule has 0 bridgehead atoms. The molecule has 0 unspecified atom stereocenters. The number of nitriles is 1. The van der Waals surface area contributed by atoms with Crippen molar-refractivity contribution < 1.29 is 9.53 Å². The number of nitrogens with one attached hydrogen (secondary N) is 3. The lowest BCUT2D eigenvalue weighted by Gasteiger charge is -2.38. The van der Waals surface area contributed by atoms with E-state index < -0.39 is 6.03 Å². The molecule has 11 heteroatoms. The van der Waals surface area contributed by atoms with Crippen molar-refractivity contribution in [1.82, 2.24) is 25.3 Å². The quantitative estimate of drug-likeness (QED) is 0.392. The number of carbonyl (C=O) groups excluding carboxylic acids is 1. The molecule has 0 saturated carbocycles. The fraction of sp³-hybridized carbons (Fsp3) is 0.308. The third-order valence-electron chi connectivity index (χ3n) is 5.97. The summed E-state index contributed by atoms with van der Waals surface area (Å²) in [6, 6.07) is 15.3. The van der Waals surface area contributed by atoms with Crippen molar-refractivity contribution in [3.8, 4) is 11.8 Å². The normalized spacial score (nSPS) is 13.7. The lowest BCUT2D eigenvalue weighted by Crippen LogP contribution is -2.52. The van der Waals surface area contributed by atoms with Crippen LogP contribution in [-0.4, -0.2) is 65.9 Å². The molecule has 1 aliphatic rings. The van der Waals surface area contributed by atoms with Crippen LogP contribution in [0.3, 0.4) is 0 Å². The summed E-state index contributed by atoms with van der Waals surface area (Å²) in [5.41, 5.74) is 2.77. The molecular formula is C26H29ClN8O2. The molecule has 0 atom stereocenters. The zero-order chi connectivity index (χ0) is 26.0. The maximum atomic E-state index is 12.5. The minimum absolute atomic E-state index is 0.161. The molecule has 2 amide bonds. The summed E-state index contributed by atoms with van der Waals surface area (Å²) in [6.07, 6.45) is 3.30. The van der Waals surface area contributed by atoms with Crippen LogP contribution in [0.5, 0.6) is 5.75 Å². The van der Waals surface area contributed by atoms with Gasteiger partial charge in [0, 0.05) is 44.3 Å². The maximum absolute atomic E-state index is 12.5. The Morgan fingerprint density at radius 1 is 1.19 bits per heavy atom. The van der Waals surface area contributed by atoms with Crippen molar-refractivity contribution in [3.05, 3.63) is 76.7 Å². The van der Waals surface area contributed by atoms with Crippen molar-refractivity contribution in [1.29, 1.82) is 5.26 Å². The first-order chi connectivity index (χ1) is 18.1. The SMILES string of the molecule is COc1cc(CCN(Cc2ccccc2)N2CCNCC2)c(Cl)cc1NC(=O)Nc1cnc(C#N)cn1. The highest BCUT2D eigenvalue weighted by Crippen LogP contribution is 2.32. The molecule has 1 aromatic heterocycles. The predicted molar refractivity (Wildman–Crippen MR) is 142 cm³/mol. The van der Waals surface area contributed by atoms with Gasteiger partial charge in [-0.25, -0.2) is 24.8 Å². The van der Waals surface area contributed by atoms with Crippen LogP contribution in [-0.2, 0) is 13.0 Å². The van der Waals surface area contributed by atoms with Gasteiger partial charge in [-0.2, -0.15) is 5.26 Å². The Morgan fingerprint density at radius 3 is 2.65 bits per heavy atom. The van der Waals surface area contributed by atoms with E-state index >= 15 is 0 Å². The van der Waals surface area contributed by atoms with Crippen LogP contribution in [0.2, 0.25) is 5.02 Å². The van der Waals surface area contributed by atoms with E-state index in [9.17, 15) is 4.79 Å². The molecule has 3 N–H and O–H groups in total. The number of carbonyl (C=O) groups is 1. The molecular weight excluding hydrogens is 492 g/mol. The zero-order valence-electron chi connectivity index (χ0n) is 20.6. The number of benzene rings is 2. The summed E-state index contributed by atoms with van der Waals surface area (Å²) in [7, 11) is 1.55. The summed E-state index contributed by atoms with van der Waals surface area (Å²) in [5.74, 6) is 0.710. The van der Waals surface area contributed by atoms with E-state index in [1.165, 1.54) is 18.0 Å². The summed E-state index contributed by atoms with van der Waals surface area (Å²) < 4.78 is 5.54. The van der Waals surface area contributed by atoms with E-state index in [2.05, 4.69) is 60.2 Å². The van der Waals surface area contributed by atoms with Crippen LogP contribution in [0.15, 0.2) is 54.9 Å². The number of aromatic nitrogens is 2. The smallest absolute Gasteiger partial charge is 0.325 e. The first kappa shape index (κ1) is 26.3. The number of hydrogen-bond acceptors (Lipinski definition) is 8. The van der Waals surface area contributed by atoms with E-state index in [4.69, 9.17) is 21.6 Å². The summed E-state index contributed by atoms with van der Waals surface area (Å²) in [4.78, 5) is 20.4. The van der Waals surface area contributed by atoms with Gasteiger partial charge in [0.05, 0.1) is 25.2 Å². The Labute approximate surface area is 221 Å². The number of methoxy groups -OCH3 is 1. The molecule has 0 radical (unpaired) electrons. The number of nitrogens with zero attached hydrogens (tertiary/aromatic N) is 5. The molecule has 0 aliphatic carbocycles. The topological polar surface area (TPSA) is 118 Å². The third kappa shape index (κ3) is 7.38.